The van der Waals surface area contributed by atoms with E-state index >= 15 is 0 Å². The summed E-state index contributed by atoms with van der Waals surface area (Å²) >= 11 is 1.90. The van der Waals surface area contributed by atoms with Gasteiger partial charge in [-0.1, -0.05) is 54.4 Å². The van der Waals surface area contributed by atoms with Crippen LogP contribution in [0, 0.1) is 12.3 Å². The van der Waals surface area contributed by atoms with Gasteiger partial charge in [-0.3, -0.25) is 0 Å². The Bertz CT molecular complexity index is 329. The minimum Gasteiger partial charge on any atom is -0.249 e. The summed E-state index contributed by atoms with van der Waals surface area (Å²) < 4.78 is 0. The summed E-state index contributed by atoms with van der Waals surface area (Å²) in [5.74, 6) is 0.745. The van der Waals surface area contributed by atoms with Gasteiger partial charge in [-0.25, -0.2) is 4.98 Å². The van der Waals surface area contributed by atoms with E-state index < -0.39 is 0 Å². The Hall–Kier alpha value is -0.370. The molecule has 0 spiro atoms. The van der Waals surface area contributed by atoms with E-state index in [-0.39, 0.29) is 0 Å². The van der Waals surface area contributed by atoms with Crippen LogP contribution in [0.5, 0.6) is 0 Å². The Balaban J connectivity index is 0.000000829. The molecule has 0 bridgehead atoms. The summed E-state index contributed by atoms with van der Waals surface area (Å²) in [6.45, 7) is 15.0. The van der Waals surface area contributed by atoms with Crippen LogP contribution in [-0.4, -0.2) is 4.98 Å². The van der Waals surface area contributed by atoms with Crippen LogP contribution < -0.4 is 0 Å². The second-order valence-electron chi connectivity index (χ2n) is 5.95. The van der Waals surface area contributed by atoms with Crippen LogP contribution >= 0.6 is 11.3 Å². The summed E-state index contributed by atoms with van der Waals surface area (Å²) in [5.41, 5.74) is 0.573. The number of rotatable bonds is 1. The molecule has 1 fully saturated rings. The normalized spacial score (nSPS) is 18.8. The molecular weight excluding hydrogens is 262 g/mol. The summed E-state index contributed by atoms with van der Waals surface area (Å²) in [7, 11) is 0. The molecule has 0 unspecified atom stereocenters. The quantitative estimate of drug-likeness (QED) is 0.545. The van der Waals surface area contributed by atoms with Gasteiger partial charge < -0.3 is 0 Å². The van der Waals surface area contributed by atoms with E-state index in [2.05, 4.69) is 25.8 Å². The smallest absolute Gasteiger partial charge is 0.0958 e. The molecule has 0 N–H and O–H groups in total. The molecule has 1 aliphatic carbocycles. The number of nitrogens with zero attached hydrogens (tertiary/aromatic N) is 1. The molecule has 1 heterocycles. The van der Waals surface area contributed by atoms with Crippen LogP contribution in [0.1, 0.15) is 95.9 Å². The maximum absolute atomic E-state index is 4.57. The van der Waals surface area contributed by atoms with Crippen molar-refractivity contribution in [1.29, 1.82) is 0 Å². The van der Waals surface area contributed by atoms with Gasteiger partial charge in [0.2, 0.25) is 0 Å². The highest BCUT2D eigenvalue weighted by Gasteiger charge is 2.23. The van der Waals surface area contributed by atoms with Gasteiger partial charge in [0, 0.05) is 17.0 Å². The summed E-state index contributed by atoms with van der Waals surface area (Å²) in [5, 5.41) is 1.39. The predicted molar refractivity (Wildman–Crippen MR) is 93.8 cm³/mol. The van der Waals surface area contributed by atoms with Crippen molar-refractivity contribution in [2.75, 3.05) is 0 Å². The Labute approximate surface area is 131 Å². The first-order valence-electron chi connectivity index (χ1n) is 8.49. The van der Waals surface area contributed by atoms with Crippen molar-refractivity contribution in [2.24, 2.45) is 5.41 Å². The molecule has 1 saturated carbocycles. The fourth-order valence-corrected chi connectivity index (χ4v) is 3.67. The highest BCUT2D eigenvalue weighted by atomic mass is 32.1. The third kappa shape index (κ3) is 6.88. The molecule has 0 aromatic carbocycles. The fraction of sp³-hybridized carbons (Fsp3) is 0.833. The van der Waals surface area contributed by atoms with E-state index in [0.717, 1.165) is 5.92 Å². The van der Waals surface area contributed by atoms with E-state index in [4.69, 9.17) is 0 Å². The Morgan fingerprint density at radius 1 is 1.05 bits per heavy atom. The zero-order valence-corrected chi connectivity index (χ0v) is 15.6. The van der Waals surface area contributed by atoms with Crippen molar-refractivity contribution in [3.63, 3.8) is 0 Å². The highest BCUT2D eigenvalue weighted by molar-refractivity contribution is 7.11. The molecular formula is C18H35NS. The standard InChI is InChI=1S/C14H23NS.2C2H6/c1-11-10-15-13(16-11)12-6-4-8-14(2,3)9-5-7-12;2*1-2/h10,12H,4-9H2,1-3H3;2*1-2H3. The van der Waals surface area contributed by atoms with Crippen LogP contribution in [0.15, 0.2) is 6.20 Å². The van der Waals surface area contributed by atoms with Crippen molar-refractivity contribution >= 4 is 11.3 Å². The molecule has 0 atom stereocenters. The van der Waals surface area contributed by atoms with Gasteiger partial charge in [0.1, 0.15) is 0 Å². The van der Waals surface area contributed by atoms with Crippen LogP contribution in [0.4, 0.5) is 0 Å². The number of hydrogen-bond acceptors (Lipinski definition) is 2. The lowest BCUT2D eigenvalue weighted by molar-refractivity contribution is 0.256. The maximum Gasteiger partial charge on any atom is 0.0958 e. The van der Waals surface area contributed by atoms with E-state index in [0.29, 0.717) is 5.41 Å². The van der Waals surface area contributed by atoms with Gasteiger partial charge in [0.15, 0.2) is 0 Å². The summed E-state index contributed by atoms with van der Waals surface area (Å²) in [6, 6.07) is 0. The maximum atomic E-state index is 4.57. The molecule has 1 aliphatic rings. The average molecular weight is 298 g/mol. The van der Waals surface area contributed by atoms with E-state index in [1.165, 1.54) is 48.4 Å². The Morgan fingerprint density at radius 2 is 1.55 bits per heavy atom. The van der Waals surface area contributed by atoms with Gasteiger partial charge in [-0.05, 0) is 38.0 Å². The zero-order valence-electron chi connectivity index (χ0n) is 14.8. The molecule has 2 rings (SSSR count). The molecule has 118 valence electrons. The third-order valence-corrected chi connectivity index (χ3v) is 4.88. The second kappa shape index (κ2) is 10.4. The first-order valence-corrected chi connectivity index (χ1v) is 9.31. The topological polar surface area (TPSA) is 12.9 Å². The van der Waals surface area contributed by atoms with E-state index in [9.17, 15) is 0 Å². The van der Waals surface area contributed by atoms with Crippen molar-refractivity contribution in [2.45, 2.75) is 92.9 Å². The van der Waals surface area contributed by atoms with Crippen LogP contribution in [0.25, 0.3) is 0 Å². The number of aryl methyl sites for hydroxylation is 1. The average Bonchev–Trinajstić information content (AvgIpc) is 2.86. The lowest BCUT2D eigenvalue weighted by Gasteiger charge is -2.29. The molecule has 1 aromatic rings. The lowest BCUT2D eigenvalue weighted by atomic mass is 9.77. The molecule has 0 aliphatic heterocycles. The van der Waals surface area contributed by atoms with Gasteiger partial charge in [-0.15, -0.1) is 11.3 Å². The minimum atomic E-state index is 0.573. The van der Waals surface area contributed by atoms with Gasteiger partial charge in [0.05, 0.1) is 5.01 Å². The third-order valence-electron chi connectivity index (χ3n) is 3.80. The zero-order chi connectivity index (χ0) is 15.6. The highest BCUT2D eigenvalue weighted by Crippen LogP contribution is 2.38. The number of aromatic nitrogens is 1. The first kappa shape index (κ1) is 19.6. The number of hydrogen-bond donors (Lipinski definition) is 0. The van der Waals surface area contributed by atoms with Crippen LogP contribution in [0.3, 0.4) is 0 Å². The Kier molecular flexibility index (Phi) is 10.2. The molecule has 0 amide bonds. The summed E-state index contributed by atoms with van der Waals surface area (Å²) in [6.07, 6.45) is 10.2. The number of thiazole rings is 1. The van der Waals surface area contributed by atoms with E-state index in [1.54, 1.807) is 0 Å². The molecule has 20 heavy (non-hydrogen) atoms. The van der Waals surface area contributed by atoms with Gasteiger partial charge in [-0.2, -0.15) is 0 Å². The van der Waals surface area contributed by atoms with Gasteiger partial charge in [0.25, 0.3) is 0 Å². The SMILES string of the molecule is CC.CC.Cc1cnc(C2CCCC(C)(C)CCC2)s1. The monoisotopic (exact) mass is 297 g/mol. The minimum absolute atomic E-state index is 0.573. The van der Waals surface area contributed by atoms with Crippen LogP contribution in [-0.2, 0) is 0 Å². The summed E-state index contributed by atoms with van der Waals surface area (Å²) in [4.78, 5) is 5.93. The fourth-order valence-electron chi connectivity index (χ4n) is 2.73. The molecule has 1 nitrogen and oxygen atoms in total. The molecule has 0 radical (unpaired) electrons. The van der Waals surface area contributed by atoms with Crippen molar-refractivity contribution < 1.29 is 0 Å². The van der Waals surface area contributed by atoms with Crippen molar-refractivity contribution in [1.82, 2.24) is 4.98 Å². The second-order valence-corrected chi connectivity index (χ2v) is 7.22. The van der Waals surface area contributed by atoms with Crippen molar-refractivity contribution in [3.05, 3.63) is 16.1 Å². The Morgan fingerprint density at radius 3 is 1.95 bits per heavy atom. The lowest BCUT2D eigenvalue weighted by Crippen LogP contribution is -2.15. The van der Waals surface area contributed by atoms with Crippen LogP contribution in [0.2, 0.25) is 0 Å². The first-order chi connectivity index (χ1) is 9.57. The predicted octanol–water partition coefficient (Wildman–Crippen LogP) is 6.97. The van der Waals surface area contributed by atoms with E-state index in [1.807, 2.05) is 45.2 Å². The molecule has 0 saturated heterocycles. The van der Waals surface area contributed by atoms with Gasteiger partial charge >= 0.3 is 0 Å². The molecule has 2 heteroatoms. The molecule has 1 aromatic heterocycles. The van der Waals surface area contributed by atoms with Crippen molar-refractivity contribution in [3.8, 4) is 0 Å². The largest absolute Gasteiger partial charge is 0.249 e.